The van der Waals surface area contributed by atoms with Crippen molar-refractivity contribution in [2.75, 3.05) is 0 Å². The fourth-order valence-electron chi connectivity index (χ4n) is 3.05. The standard InChI is InChI=1S/C23H23N5O3S/c1-14(2)20(23-27-21(28-31-23)16-8-10-24-11-9-16)26-22(29)17-4-6-19(7-5-17)30-12-18-13-32-15(3)25-18/h4-11,13-14,20H,12H2,1-3H3,(H,26,29). The molecule has 1 aromatic carbocycles. The summed E-state index contributed by atoms with van der Waals surface area (Å²) in [5, 5.41) is 10.0. The van der Waals surface area contributed by atoms with Crippen LogP contribution in [0, 0.1) is 12.8 Å². The van der Waals surface area contributed by atoms with Crippen molar-refractivity contribution in [1.82, 2.24) is 25.4 Å². The number of aryl methyl sites for hydroxylation is 1. The normalized spacial score (nSPS) is 12.0. The Labute approximate surface area is 189 Å². The second-order valence-electron chi connectivity index (χ2n) is 7.56. The van der Waals surface area contributed by atoms with E-state index in [1.165, 1.54) is 0 Å². The Morgan fingerprint density at radius 2 is 1.88 bits per heavy atom. The SMILES string of the molecule is Cc1nc(COc2ccc(C(=O)NC(c3nc(-c4ccncc4)no3)C(C)C)cc2)cs1. The van der Waals surface area contributed by atoms with Crippen LogP contribution in [0.4, 0.5) is 0 Å². The van der Waals surface area contributed by atoms with Crippen LogP contribution in [0.2, 0.25) is 0 Å². The Morgan fingerprint density at radius 1 is 1.12 bits per heavy atom. The molecule has 0 aliphatic carbocycles. The van der Waals surface area contributed by atoms with E-state index in [1.54, 1.807) is 60.1 Å². The summed E-state index contributed by atoms with van der Waals surface area (Å²) < 4.78 is 11.2. The highest BCUT2D eigenvalue weighted by Crippen LogP contribution is 2.24. The minimum atomic E-state index is -0.422. The number of carbonyl (C=O) groups excluding carboxylic acids is 1. The number of nitrogens with one attached hydrogen (secondary N) is 1. The maximum Gasteiger partial charge on any atom is 0.251 e. The molecule has 164 valence electrons. The molecule has 9 heteroatoms. The fraction of sp³-hybridized carbons (Fsp3) is 0.261. The van der Waals surface area contributed by atoms with Crippen LogP contribution in [-0.2, 0) is 6.61 Å². The van der Waals surface area contributed by atoms with Crippen molar-refractivity contribution in [3.63, 3.8) is 0 Å². The van der Waals surface area contributed by atoms with Gasteiger partial charge in [0.15, 0.2) is 0 Å². The molecule has 4 rings (SSSR count). The quantitative estimate of drug-likeness (QED) is 0.419. The summed E-state index contributed by atoms with van der Waals surface area (Å²) in [6, 6.07) is 10.2. The van der Waals surface area contributed by atoms with Crippen LogP contribution in [0.3, 0.4) is 0 Å². The van der Waals surface area contributed by atoms with Gasteiger partial charge in [-0.3, -0.25) is 9.78 Å². The predicted molar refractivity (Wildman–Crippen MR) is 120 cm³/mol. The molecule has 0 saturated heterocycles. The number of thiazole rings is 1. The average Bonchev–Trinajstić information content (AvgIpc) is 3.46. The van der Waals surface area contributed by atoms with Crippen molar-refractivity contribution in [3.8, 4) is 17.1 Å². The van der Waals surface area contributed by atoms with Crippen LogP contribution in [0.1, 0.15) is 46.8 Å². The zero-order valence-electron chi connectivity index (χ0n) is 18.0. The van der Waals surface area contributed by atoms with Gasteiger partial charge >= 0.3 is 0 Å². The highest BCUT2D eigenvalue weighted by molar-refractivity contribution is 7.09. The molecule has 1 unspecified atom stereocenters. The molecule has 3 heterocycles. The molecule has 3 aromatic heterocycles. The lowest BCUT2D eigenvalue weighted by Gasteiger charge is -2.18. The number of amides is 1. The van der Waals surface area contributed by atoms with Gasteiger partial charge in [0.25, 0.3) is 5.91 Å². The van der Waals surface area contributed by atoms with Gasteiger partial charge in [0.1, 0.15) is 18.4 Å². The molecule has 4 aromatic rings. The summed E-state index contributed by atoms with van der Waals surface area (Å²) in [4.78, 5) is 25.7. The van der Waals surface area contributed by atoms with Gasteiger partial charge in [-0.1, -0.05) is 19.0 Å². The van der Waals surface area contributed by atoms with Crippen LogP contribution in [0.5, 0.6) is 5.75 Å². The third kappa shape index (κ3) is 5.17. The number of pyridine rings is 1. The van der Waals surface area contributed by atoms with Crippen LogP contribution in [0.25, 0.3) is 11.4 Å². The Balaban J connectivity index is 1.41. The van der Waals surface area contributed by atoms with Crippen LogP contribution < -0.4 is 10.1 Å². The molecule has 32 heavy (non-hydrogen) atoms. The zero-order valence-corrected chi connectivity index (χ0v) is 18.8. The van der Waals surface area contributed by atoms with E-state index in [2.05, 4.69) is 25.4 Å². The topological polar surface area (TPSA) is 103 Å². The first-order valence-corrected chi connectivity index (χ1v) is 11.1. The molecule has 0 fully saturated rings. The monoisotopic (exact) mass is 449 g/mol. The van der Waals surface area contributed by atoms with Crippen LogP contribution >= 0.6 is 11.3 Å². The first-order valence-electron chi connectivity index (χ1n) is 10.2. The number of rotatable bonds is 8. The molecule has 1 atom stereocenters. The molecule has 0 spiro atoms. The van der Waals surface area contributed by atoms with Crippen LogP contribution in [-0.4, -0.2) is 26.0 Å². The molecule has 8 nitrogen and oxygen atoms in total. The van der Waals surface area contributed by atoms with E-state index in [1.807, 2.05) is 26.2 Å². The van der Waals surface area contributed by atoms with Gasteiger partial charge in [0, 0.05) is 28.9 Å². The van der Waals surface area contributed by atoms with E-state index in [4.69, 9.17) is 9.26 Å². The summed E-state index contributed by atoms with van der Waals surface area (Å²) in [5.74, 6) is 1.31. The second-order valence-corrected chi connectivity index (χ2v) is 8.62. The van der Waals surface area contributed by atoms with Crippen LogP contribution in [0.15, 0.2) is 58.7 Å². The Bertz CT molecular complexity index is 1170. The van der Waals surface area contributed by atoms with E-state index in [9.17, 15) is 4.79 Å². The zero-order chi connectivity index (χ0) is 22.5. The van der Waals surface area contributed by atoms with Crippen molar-refractivity contribution < 1.29 is 14.1 Å². The van der Waals surface area contributed by atoms with Gasteiger partial charge < -0.3 is 14.6 Å². The molecule has 0 aliphatic heterocycles. The number of ether oxygens (including phenoxy) is 1. The Kier molecular flexibility index (Phi) is 6.55. The van der Waals surface area contributed by atoms with E-state index >= 15 is 0 Å². The van der Waals surface area contributed by atoms with E-state index in [0.29, 0.717) is 29.6 Å². The molecule has 0 radical (unpaired) electrons. The van der Waals surface area contributed by atoms with Gasteiger partial charge in [-0.15, -0.1) is 11.3 Å². The number of benzene rings is 1. The first-order chi connectivity index (χ1) is 15.5. The molecule has 1 amide bonds. The molecule has 0 aliphatic rings. The lowest BCUT2D eigenvalue weighted by atomic mass is 10.0. The molecule has 1 N–H and O–H groups in total. The lowest BCUT2D eigenvalue weighted by molar-refractivity contribution is 0.0914. The largest absolute Gasteiger partial charge is 0.487 e. The molecular weight excluding hydrogens is 426 g/mol. The van der Waals surface area contributed by atoms with Crippen molar-refractivity contribution in [1.29, 1.82) is 0 Å². The maximum absolute atomic E-state index is 12.8. The maximum atomic E-state index is 12.8. The predicted octanol–water partition coefficient (Wildman–Crippen LogP) is 4.60. The first kappa shape index (κ1) is 21.6. The highest BCUT2D eigenvalue weighted by atomic mass is 32.1. The summed E-state index contributed by atoms with van der Waals surface area (Å²) in [6.07, 6.45) is 3.33. The highest BCUT2D eigenvalue weighted by Gasteiger charge is 2.25. The number of carbonyl (C=O) groups is 1. The molecule has 0 saturated carbocycles. The van der Waals surface area contributed by atoms with Gasteiger partial charge in [0.2, 0.25) is 11.7 Å². The number of hydrogen-bond acceptors (Lipinski definition) is 8. The fourth-order valence-corrected chi connectivity index (χ4v) is 3.65. The van der Waals surface area contributed by atoms with Gasteiger partial charge in [-0.25, -0.2) is 4.98 Å². The Morgan fingerprint density at radius 3 is 2.53 bits per heavy atom. The summed E-state index contributed by atoms with van der Waals surface area (Å²) in [5.41, 5.74) is 2.20. The minimum absolute atomic E-state index is 0.0499. The Hall–Kier alpha value is -3.59. The van der Waals surface area contributed by atoms with Crippen molar-refractivity contribution in [3.05, 3.63) is 76.3 Å². The summed E-state index contributed by atoms with van der Waals surface area (Å²) in [6.45, 7) is 6.32. The second kappa shape index (κ2) is 9.69. The van der Waals surface area contributed by atoms with E-state index in [0.717, 1.165) is 16.3 Å². The van der Waals surface area contributed by atoms with Gasteiger partial charge in [-0.05, 0) is 49.2 Å². The smallest absolute Gasteiger partial charge is 0.251 e. The van der Waals surface area contributed by atoms with E-state index < -0.39 is 6.04 Å². The van der Waals surface area contributed by atoms with Crippen molar-refractivity contribution >= 4 is 17.2 Å². The van der Waals surface area contributed by atoms with Crippen molar-refractivity contribution in [2.24, 2.45) is 5.92 Å². The average molecular weight is 450 g/mol. The third-order valence-corrected chi connectivity index (χ3v) is 5.59. The number of hydrogen-bond donors (Lipinski definition) is 1. The third-order valence-electron chi connectivity index (χ3n) is 4.77. The lowest BCUT2D eigenvalue weighted by Crippen LogP contribution is -2.32. The summed E-state index contributed by atoms with van der Waals surface area (Å²) >= 11 is 1.59. The van der Waals surface area contributed by atoms with Gasteiger partial charge in [-0.2, -0.15) is 4.98 Å². The number of nitrogens with zero attached hydrogens (tertiary/aromatic N) is 4. The summed E-state index contributed by atoms with van der Waals surface area (Å²) in [7, 11) is 0. The minimum Gasteiger partial charge on any atom is -0.487 e. The molecular formula is C23H23N5O3S. The van der Waals surface area contributed by atoms with Gasteiger partial charge in [0.05, 0.1) is 10.7 Å². The number of aromatic nitrogens is 4. The van der Waals surface area contributed by atoms with Crippen molar-refractivity contribution in [2.45, 2.75) is 33.4 Å². The molecule has 0 bridgehead atoms. The van der Waals surface area contributed by atoms with E-state index in [-0.39, 0.29) is 11.8 Å².